The molecule has 1 aromatic heterocycles. The summed E-state index contributed by atoms with van der Waals surface area (Å²) < 4.78 is 4.88. The van der Waals surface area contributed by atoms with Crippen molar-refractivity contribution in [2.24, 2.45) is 0 Å². The molecule has 0 radical (unpaired) electrons. The molecule has 0 bridgehead atoms. The first kappa shape index (κ1) is 10.9. The molecule has 1 atom stereocenters. The van der Waals surface area contributed by atoms with Gasteiger partial charge in [0.2, 0.25) is 0 Å². The summed E-state index contributed by atoms with van der Waals surface area (Å²) in [6.07, 6.45) is 2.50. The van der Waals surface area contributed by atoms with E-state index in [2.05, 4.69) is 4.98 Å². The standard InChI is InChI=1S/C10H16N2O2/c1-14-5-3-9(13)6-8-2-4-12-10(11)7-8/h2,4,7,9,13H,3,5-6H2,1H3,(H2,11,12). The van der Waals surface area contributed by atoms with Gasteiger partial charge in [0.15, 0.2) is 0 Å². The lowest BCUT2D eigenvalue weighted by atomic mass is 10.1. The molecule has 1 aromatic rings. The van der Waals surface area contributed by atoms with Gasteiger partial charge < -0.3 is 15.6 Å². The highest BCUT2D eigenvalue weighted by molar-refractivity contribution is 5.31. The van der Waals surface area contributed by atoms with E-state index < -0.39 is 0 Å². The highest BCUT2D eigenvalue weighted by Crippen LogP contribution is 2.07. The third-order valence-corrected chi connectivity index (χ3v) is 1.97. The molecule has 0 aliphatic carbocycles. The molecule has 14 heavy (non-hydrogen) atoms. The first-order valence-electron chi connectivity index (χ1n) is 4.60. The number of rotatable bonds is 5. The highest BCUT2D eigenvalue weighted by atomic mass is 16.5. The zero-order chi connectivity index (χ0) is 10.4. The van der Waals surface area contributed by atoms with Gasteiger partial charge in [-0.05, 0) is 30.5 Å². The maximum Gasteiger partial charge on any atom is 0.123 e. The van der Waals surface area contributed by atoms with E-state index in [1.54, 1.807) is 19.4 Å². The third-order valence-electron chi connectivity index (χ3n) is 1.97. The number of nitrogens with zero attached hydrogens (tertiary/aromatic N) is 1. The Morgan fingerprint density at radius 1 is 1.64 bits per heavy atom. The number of hydrogen-bond acceptors (Lipinski definition) is 4. The number of aromatic nitrogens is 1. The van der Waals surface area contributed by atoms with Gasteiger partial charge in [-0.3, -0.25) is 0 Å². The van der Waals surface area contributed by atoms with E-state index in [1.165, 1.54) is 0 Å². The fourth-order valence-corrected chi connectivity index (χ4v) is 1.25. The third kappa shape index (κ3) is 3.72. The van der Waals surface area contributed by atoms with Crippen molar-refractivity contribution in [3.63, 3.8) is 0 Å². The number of ether oxygens (including phenoxy) is 1. The predicted molar refractivity (Wildman–Crippen MR) is 54.9 cm³/mol. The van der Waals surface area contributed by atoms with Gasteiger partial charge in [0.05, 0.1) is 6.10 Å². The normalized spacial score (nSPS) is 12.7. The quantitative estimate of drug-likeness (QED) is 0.723. The number of nitrogens with two attached hydrogens (primary N) is 1. The number of pyridine rings is 1. The second-order valence-corrected chi connectivity index (χ2v) is 3.23. The van der Waals surface area contributed by atoms with E-state index in [9.17, 15) is 5.11 Å². The van der Waals surface area contributed by atoms with Crippen LogP contribution in [0.5, 0.6) is 0 Å². The van der Waals surface area contributed by atoms with Crippen molar-refractivity contribution < 1.29 is 9.84 Å². The minimum Gasteiger partial charge on any atom is -0.393 e. The molecule has 0 saturated heterocycles. The summed E-state index contributed by atoms with van der Waals surface area (Å²) in [4.78, 5) is 3.88. The molecule has 0 saturated carbocycles. The van der Waals surface area contributed by atoms with Crippen LogP contribution in [-0.2, 0) is 11.2 Å². The van der Waals surface area contributed by atoms with Crippen LogP contribution >= 0.6 is 0 Å². The van der Waals surface area contributed by atoms with Gasteiger partial charge in [-0.1, -0.05) is 0 Å². The van der Waals surface area contributed by atoms with Crippen molar-refractivity contribution in [2.45, 2.75) is 18.9 Å². The molecular weight excluding hydrogens is 180 g/mol. The molecule has 0 amide bonds. The Morgan fingerprint density at radius 3 is 3.07 bits per heavy atom. The minimum absolute atomic E-state index is 0.378. The Kier molecular flexibility index (Phi) is 4.35. The lowest BCUT2D eigenvalue weighted by Gasteiger charge is -2.09. The smallest absolute Gasteiger partial charge is 0.123 e. The Balaban J connectivity index is 2.43. The van der Waals surface area contributed by atoms with E-state index in [4.69, 9.17) is 10.5 Å². The number of aliphatic hydroxyl groups excluding tert-OH is 1. The summed E-state index contributed by atoms with van der Waals surface area (Å²) in [6, 6.07) is 3.63. The van der Waals surface area contributed by atoms with Gasteiger partial charge in [-0.2, -0.15) is 0 Å². The van der Waals surface area contributed by atoms with Crippen LogP contribution in [0.3, 0.4) is 0 Å². The van der Waals surface area contributed by atoms with Crippen molar-refractivity contribution in [1.82, 2.24) is 4.98 Å². The summed E-state index contributed by atoms with van der Waals surface area (Å²) in [7, 11) is 1.62. The van der Waals surface area contributed by atoms with Crippen molar-refractivity contribution in [3.8, 4) is 0 Å². The van der Waals surface area contributed by atoms with Gasteiger partial charge in [-0.25, -0.2) is 4.98 Å². The predicted octanol–water partition coefficient (Wildman–Crippen LogP) is 0.604. The van der Waals surface area contributed by atoms with Gasteiger partial charge >= 0.3 is 0 Å². The zero-order valence-corrected chi connectivity index (χ0v) is 8.31. The number of nitrogen functional groups attached to an aromatic ring is 1. The van der Waals surface area contributed by atoms with Gasteiger partial charge in [0, 0.05) is 19.9 Å². The van der Waals surface area contributed by atoms with E-state index in [0.717, 1.165) is 5.56 Å². The topological polar surface area (TPSA) is 68.4 Å². The van der Waals surface area contributed by atoms with E-state index >= 15 is 0 Å². The Bertz CT molecular complexity index is 279. The second-order valence-electron chi connectivity index (χ2n) is 3.23. The molecule has 3 N–H and O–H groups in total. The van der Waals surface area contributed by atoms with E-state index in [0.29, 0.717) is 25.3 Å². The summed E-state index contributed by atoms with van der Waals surface area (Å²) in [5, 5.41) is 9.58. The van der Waals surface area contributed by atoms with E-state index in [1.807, 2.05) is 6.07 Å². The maximum absolute atomic E-state index is 9.58. The van der Waals surface area contributed by atoms with Crippen LogP contribution in [0.2, 0.25) is 0 Å². The average Bonchev–Trinajstić information content (AvgIpc) is 2.15. The zero-order valence-electron chi connectivity index (χ0n) is 8.31. The lowest BCUT2D eigenvalue weighted by Crippen LogP contribution is -2.13. The van der Waals surface area contributed by atoms with Crippen molar-refractivity contribution >= 4 is 5.82 Å². The Morgan fingerprint density at radius 2 is 2.43 bits per heavy atom. The number of methoxy groups -OCH3 is 1. The molecule has 4 heteroatoms. The van der Waals surface area contributed by atoms with Crippen LogP contribution in [0.25, 0.3) is 0 Å². The molecule has 1 unspecified atom stereocenters. The second kappa shape index (κ2) is 5.57. The van der Waals surface area contributed by atoms with Crippen molar-refractivity contribution in [3.05, 3.63) is 23.9 Å². The van der Waals surface area contributed by atoms with Crippen molar-refractivity contribution in [1.29, 1.82) is 0 Å². The fraction of sp³-hybridized carbons (Fsp3) is 0.500. The Hall–Kier alpha value is -1.13. The van der Waals surface area contributed by atoms with Crippen LogP contribution in [-0.4, -0.2) is 29.9 Å². The molecule has 1 heterocycles. The van der Waals surface area contributed by atoms with Crippen LogP contribution in [0.1, 0.15) is 12.0 Å². The molecule has 0 fully saturated rings. The number of aliphatic hydroxyl groups is 1. The van der Waals surface area contributed by atoms with Gasteiger partial charge in [-0.15, -0.1) is 0 Å². The summed E-state index contributed by atoms with van der Waals surface area (Å²) >= 11 is 0. The largest absolute Gasteiger partial charge is 0.393 e. The SMILES string of the molecule is COCCC(O)Cc1ccnc(N)c1. The summed E-state index contributed by atoms with van der Waals surface area (Å²) in [5.41, 5.74) is 6.52. The van der Waals surface area contributed by atoms with Crippen LogP contribution in [0.4, 0.5) is 5.82 Å². The summed E-state index contributed by atoms with van der Waals surface area (Å²) in [5.74, 6) is 0.487. The molecule has 0 aliphatic heterocycles. The van der Waals surface area contributed by atoms with Crippen molar-refractivity contribution in [2.75, 3.05) is 19.5 Å². The van der Waals surface area contributed by atoms with Gasteiger partial charge in [0.1, 0.15) is 5.82 Å². The first-order valence-corrected chi connectivity index (χ1v) is 4.60. The van der Waals surface area contributed by atoms with Crippen LogP contribution in [0.15, 0.2) is 18.3 Å². The molecule has 4 nitrogen and oxygen atoms in total. The summed E-state index contributed by atoms with van der Waals surface area (Å²) in [6.45, 7) is 0.571. The van der Waals surface area contributed by atoms with Gasteiger partial charge in [0.25, 0.3) is 0 Å². The maximum atomic E-state index is 9.58. The fourth-order valence-electron chi connectivity index (χ4n) is 1.25. The number of hydrogen-bond donors (Lipinski definition) is 2. The monoisotopic (exact) mass is 196 g/mol. The van der Waals surface area contributed by atoms with Crippen LogP contribution < -0.4 is 5.73 Å². The molecule has 0 spiro atoms. The average molecular weight is 196 g/mol. The number of anilines is 1. The molecule has 0 aromatic carbocycles. The first-order chi connectivity index (χ1) is 6.72. The van der Waals surface area contributed by atoms with E-state index in [-0.39, 0.29) is 6.10 Å². The van der Waals surface area contributed by atoms with Crippen LogP contribution in [0, 0.1) is 0 Å². The Labute approximate surface area is 83.7 Å². The molecule has 78 valence electrons. The highest BCUT2D eigenvalue weighted by Gasteiger charge is 2.05. The molecule has 1 rings (SSSR count). The molecule has 0 aliphatic rings. The minimum atomic E-state index is -0.378. The molecular formula is C10H16N2O2. The lowest BCUT2D eigenvalue weighted by molar-refractivity contribution is 0.110.